The van der Waals surface area contributed by atoms with E-state index in [0.29, 0.717) is 6.54 Å². The van der Waals surface area contributed by atoms with Crippen molar-refractivity contribution in [2.75, 3.05) is 23.3 Å². The number of hydrogen-bond donors (Lipinski definition) is 1. The Bertz CT molecular complexity index is 524. The molecule has 1 aromatic heterocycles. The molecule has 0 saturated carbocycles. The Hall–Kier alpha value is -1.81. The van der Waals surface area contributed by atoms with Gasteiger partial charge in [-0.3, -0.25) is 0 Å². The van der Waals surface area contributed by atoms with E-state index in [1.54, 1.807) is 12.1 Å². The minimum Gasteiger partial charge on any atom is -0.381 e. The molecule has 0 aliphatic rings. The van der Waals surface area contributed by atoms with Gasteiger partial charge in [0.05, 0.1) is 0 Å². The van der Waals surface area contributed by atoms with E-state index < -0.39 is 0 Å². The van der Waals surface area contributed by atoms with Crippen LogP contribution in [-0.4, -0.2) is 18.1 Å². The number of anilines is 2. The van der Waals surface area contributed by atoms with E-state index in [-0.39, 0.29) is 18.2 Å². The van der Waals surface area contributed by atoms with Gasteiger partial charge in [0, 0.05) is 31.5 Å². The number of halogens is 2. The maximum absolute atomic E-state index is 12.8. The molecule has 1 aromatic carbocycles. The van der Waals surface area contributed by atoms with Gasteiger partial charge in [-0.25, -0.2) is 9.37 Å². The van der Waals surface area contributed by atoms with Gasteiger partial charge >= 0.3 is 0 Å². The Kier molecular flexibility index (Phi) is 6.96. The zero-order valence-electron chi connectivity index (χ0n) is 12.3. The normalized spacial score (nSPS) is 9.86. The van der Waals surface area contributed by atoms with Crippen LogP contribution in [0.25, 0.3) is 0 Å². The molecule has 3 nitrogen and oxygen atoms in total. The number of aromatic nitrogens is 1. The number of benzene rings is 1. The van der Waals surface area contributed by atoms with Gasteiger partial charge in [-0.05, 0) is 49.7 Å². The third-order valence-electron chi connectivity index (χ3n) is 3.24. The monoisotopic (exact) mass is 309 g/mol. The van der Waals surface area contributed by atoms with Crippen molar-refractivity contribution < 1.29 is 4.39 Å². The van der Waals surface area contributed by atoms with Gasteiger partial charge in [0.25, 0.3) is 0 Å². The number of rotatable bonds is 6. The SMILES string of the molecule is CCN(CC)c1ccc(CNc2ccc(F)cc2)cn1.Cl. The summed E-state index contributed by atoms with van der Waals surface area (Å²) >= 11 is 0. The second kappa shape index (κ2) is 8.47. The van der Waals surface area contributed by atoms with Gasteiger partial charge in [0.15, 0.2) is 0 Å². The van der Waals surface area contributed by atoms with Crippen molar-refractivity contribution in [2.24, 2.45) is 0 Å². The number of hydrogen-bond acceptors (Lipinski definition) is 3. The van der Waals surface area contributed by atoms with Crippen LogP contribution in [0.4, 0.5) is 15.9 Å². The Labute approximate surface area is 131 Å². The van der Waals surface area contributed by atoms with Crippen molar-refractivity contribution in [1.29, 1.82) is 0 Å². The number of nitrogens with zero attached hydrogens (tertiary/aromatic N) is 2. The van der Waals surface area contributed by atoms with Crippen LogP contribution in [0.3, 0.4) is 0 Å². The van der Waals surface area contributed by atoms with Crippen molar-refractivity contribution in [1.82, 2.24) is 4.98 Å². The topological polar surface area (TPSA) is 28.2 Å². The lowest BCUT2D eigenvalue weighted by molar-refractivity contribution is 0.628. The second-order valence-corrected chi connectivity index (χ2v) is 4.56. The van der Waals surface area contributed by atoms with Crippen molar-refractivity contribution in [3.05, 3.63) is 54.0 Å². The highest BCUT2D eigenvalue weighted by atomic mass is 35.5. The summed E-state index contributed by atoms with van der Waals surface area (Å²) in [6.45, 7) is 6.83. The zero-order chi connectivity index (χ0) is 14.4. The van der Waals surface area contributed by atoms with Crippen LogP contribution < -0.4 is 10.2 Å². The molecule has 0 bridgehead atoms. The highest BCUT2D eigenvalue weighted by Gasteiger charge is 2.02. The lowest BCUT2D eigenvalue weighted by Gasteiger charge is -2.19. The van der Waals surface area contributed by atoms with Gasteiger partial charge in [-0.15, -0.1) is 12.4 Å². The third kappa shape index (κ3) is 4.90. The molecule has 1 heterocycles. The molecule has 2 rings (SSSR count). The average molecular weight is 310 g/mol. The van der Waals surface area contributed by atoms with Crippen LogP contribution in [0.15, 0.2) is 42.6 Å². The predicted molar refractivity (Wildman–Crippen MR) is 88.8 cm³/mol. The molecular weight excluding hydrogens is 289 g/mol. The highest BCUT2D eigenvalue weighted by Crippen LogP contribution is 2.13. The molecule has 21 heavy (non-hydrogen) atoms. The summed E-state index contributed by atoms with van der Waals surface area (Å²) < 4.78 is 12.8. The number of nitrogens with one attached hydrogen (secondary N) is 1. The summed E-state index contributed by atoms with van der Waals surface area (Å²) in [5.74, 6) is 0.779. The molecule has 2 aromatic rings. The fourth-order valence-corrected chi connectivity index (χ4v) is 2.03. The smallest absolute Gasteiger partial charge is 0.128 e. The molecule has 1 N–H and O–H groups in total. The maximum atomic E-state index is 12.8. The van der Waals surface area contributed by atoms with Crippen LogP contribution in [0, 0.1) is 5.82 Å². The van der Waals surface area contributed by atoms with Crippen molar-refractivity contribution >= 4 is 23.9 Å². The molecule has 0 saturated heterocycles. The lowest BCUT2D eigenvalue weighted by atomic mass is 10.2. The zero-order valence-corrected chi connectivity index (χ0v) is 13.2. The summed E-state index contributed by atoms with van der Waals surface area (Å²) in [5.41, 5.74) is 2.00. The van der Waals surface area contributed by atoms with Crippen molar-refractivity contribution in [2.45, 2.75) is 20.4 Å². The first-order chi connectivity index (χ1) is 9.72. The fourth-order valence-electron chi connectivity index (χ4n) is 2.03. The molecule has 5 heteroatoms. The third-order valence-corrected chi connectivity index (χ3v) is 3.24. The molecule has 0 atom stereocenters. The maximum Gasteiger partial charge on any atom is 0.128 e. The van der Waals surface area contributed by atoms with E-state index in [9.17, 15) is 4.39 Å². The van der Waals surface area contributed by atoms with E-state index in [2.05, 4.69) is 35.1 Å². The molecule has 0 aliphatic heterocycles. The fraction of sp³-hybridized carbons (Fsp3) is 0.312. The summed E-state index contributed by atoms with van der Waals surface area (Å²) in [6.07, 6.45) is 1.88. The summed E-state index contributed by atoms with van der Waals surface area (Å²) in [4.78, 5) is 6.68. The summed E-state index contributed by atoms with van der Waals surface area (Å²) in [5, 5.41) is 3.24. The van der Waals surface area contributed by atoms with E-state index in [1.807, 2.05) is 12.3 Å². The Balaban J connectivity index is 0.00000220. The quantitative estimate of drug-likeness (QED) is 0.870. The molecule has 0 spiro atoms. The molecule has 0 unspecified atom stereocenters. The summed E-state index contributed by atoms with van der Waals surface area (Å²) in [7, 11) is 0. The van der Waals surface area contributed by atoms with Crippen LogP contribution >= 0.6 is 12.4 Å². The Morgan fingerprint density at radius 3 is 2.24 bits per heavy atom. The van der Waals surface area contributed by atoms with E-state index in [1.165, 1.54) is 12.1 Å². The van der Waals surface area contributed by atoms with Crippen LogP contribution in [0.5, 0.6) is 0 Å². The molecule has 114 valence electrons. The molecular formula is C16H21ClFN3. The second-order valence-electron chi connectivity index (χ2n) is 4.56. The number of pyridine rings is 1. The Morgan fingerprint density at radius 2 is 1.71 bits per heavy atom. The van der Waals surface area contributed by atoms with Crippen molar-refractivity contribution in [3.63, 3.8) is 0 Å². The van der Waals surface area contributed by atoms with E-state index in [4.69, 9.17) is 0 Å². The minimum absolute atomic E-state index is 0. The first-order valence-corrected chi connectivity index (χ1v) is 6.92. The van der Waals surface area contributed by atoms with Gasteiger partial charge in [-0.2, -0.15) is 0 Å². The van der Waals surface area contributed by atoms with Crippen LogP contribution in [0.1, 0.15) is 19.4 Å². The van der Waals surface area contributed by atoms with Gasteiger partial charge in [0.2, 0.25) is 0 Å². The van der Waals surface area contributed by atoms with Crippen molar-refractivity contribution in [3.8, 4) is 0 Å². The van der Waals surface area contributed by atoms with Crippen LogP contribution in [0.2, 0.25) is 0 Å². The summed E-state index contributed by atoms with van der Waals surface area (Å²) in [6, 6.07) is 10.5. The molecule has 0 radical (unpaired) electrons. The molecule has 0 aliphatic carbocycles. The highest BCUT2D eigenvalue weighted by molar-refractivity contribution is 5.85. The van der Waals surface area contributed by atoms with Gasteiger partial charge in [0.1, 0.15) is 11.6 Å². The standard InChI is InChI=1S/C16H20FN3.ClH/c1-3-20(4-2)16-10-5-13(12-19-16)11-18-15-8-6-14(17)7-9-15;/h5-10,12,18H,3-4,11H2,1-2H3;1H. The van der Waals surface area contributed by atoms with Crippen LogP contribution in [-0.2, 0) is 6.54 Å². The largest absolute Gasteiger partial charge is 0.381 e. The van der Waals surface area contributed by atoms with Gasteiger partial charge in [-0.1, -0.05) is 6.07 Å². The van der Waals surface area contributed by atoms with Gasteiger partial charge < -0.3 is 10.2 Å². The van der Waals surface area contributed by atoms with E-state index >= 15 is 0 Å². The minimum atomic E-state index is -0.221. The predicted octanol–water partition coefficient (Wildman–Crippen LogP) is 4.10. The lowest BCUT2D eigenvalue weighted by Crippen LogP contribution is -2.22. The van der Waals surface area contributed by atoms with E-state index in [0.717, 1.165) is 30.2 Å². The Morgan fingerprint density at radius 1 is 1.05 bits per heavy atom. The molecule has 0 fully saturated rings. The first kappa shape index (κ1) is 17.2. The molecule has 0 amide bonds. The first-order valence-electron chi connectivity index (χ1n) is 6.92. The average Bonchev–Trinajstić information content (AvgIpc) is 2.49.